The molecule has 3 heterocycles. The van der Waals surface area contributed by atoms with Crippen molar-refractivity contribution in [2.75, 3.05) is 13.2 Å². The molecule has 0 radical (unpaired) electrons. The van der Waals surface area contributed by atoms with E-state index in [1.165, 1.54) is 4.90 Å². The maximum atomic E-state index is 12.7. The van der Waals surface area contributed by atoms with Crippen molar-refractivity contribution >= 4 is 33.3 Å². The number of rotatable bonds is 4. The molecule has 0 spiro atoms. The van der Waals surface area contributed by atoms with E-state index in [9.17, 15) is 18.0 Å². The summed E-state index contributed by atoms with van der Waals surface area (Å²) in [5.74, 6) is -0.615. The minimum absolute atomic E-state index is 0.0228. The molecule has 0 aliphatic carbocycles. The first kappa shape index (κ1) is 17.8. The fourth-order valence-electron chi connectivity index (χ4n) is 3.95. The highest BCUT2D eigenvalue weighted by atomic mass is 32.3. The Balaban J connectivity index is 1.96. The molecule has 10 nitrogen and oxygen atoms in total. The monoisotopic (exact) mass is 395 g/mol. The number of esters is 1. The lowest BCUT2D eigenvalue weighted by molar-refractivity contribution is -0.148. The molecule has 144 valence electrons. The summed E-state index contributed by atoms with van der Waals surface area (Å²) < 4.78 is 43.0. The molecule has 0 unspecified atom stereocenters. The van der Waals surface area contributed by atoms with E-state index in [1.807, 2.05) is 24.3 Å². The van der Waals surface area contributed by atoms with Gasteiger partial charge in [0.2, 0.25) is 0 Å². The number of urea groups is 1. The van der Waals surface area contributed by atoms with E-state index in [1.54, 1.807) is 18.5 Å². The number of benzene rings is 1. The first-order chi connectivity index (χ1) is 12.7. The molecule has 2 atom stereocenters. The average molecular weight is 395 g/mol. The molecule has 1 saturated heterocycles. The van der Waals surface area contributed by atoms with Gasteiger partial charge < -0.3 is 14.2 Å². The third kappa shape index (κ3) is 2.58. The minimum atomic E-state index is -4.92. The molecule has 1 aromatic heterocycles. The number of para-hydroxylation sites is 1. The predicted molar refractivity (Wildman–Crippen MR) is 91.6 cm³/mol. The smallest absolute Gasteiger partial charge is 0.418 e. The molecular weight excluding hydrogens is 378 g/mol. The van der Waals surface area contributed by atoms with Crippen molar-refractivity contribution < 1.29 is 31.6 Å². The maximum absolute atomic E-state index is 12.7. The summed E-state index contributed by atoms with van der Waals surface area (Å²) in [5.41, 5.74) is 1.93. The minimum Gasteiger partial charge on any atom is -0.464 e. The molecule has 1 aromatic carbocycles. The van der Waals surface area contributed by atoms with Crippen molar-refractivity contribution in [3.05, 3.63) is 35.5 Å². The molecule has 4 rings (SSSR count). The van der Waals surface area contributed by atoms with Crippen LogP contribution in [0.25, 0.3) is 10.9 Å². The molecule has 27 heavy (non-hydrogen) atoms. The zero-order valence-electron chi connectivity index (χ0n) is 14.5. The summed E-state index contributed by atoms with van der Waals surface area (Å²) in [4.78, 5) is 26.6. The SMILES string of the molecule is CCOC(=O)[C@H]1c2c(n(C)c3ccccc23)[C@@H]2CN1C(=O)N2OS(=O)(=O)O. The Morgan fingerprint density at radius 3 is 2.70 bits per heavy atom. The van der Waals surface area contributed by atoms with E-state index in [0.717, 1.165) is 10.9 Å². The third-order valence-corrected chi connectivity index (χ3v) is 5.21. The second-order valence-electron chi connectivity index (χ2n) is 6.31. The van der Waals surface area contributed by atoms with Crippen LogP contribution < -0.4 is 0 Å². The van der Waals surface area contributed by atoms with Crippen LogP contribution in [-0.2, 0) is 31.3 Å². The van der Waals surface area contributed by atoms with Crippen molar-refractivity contribution in [2.24, 2.45) is 7.05 Å². The second kappa shape index (κ2) is 5.94. The number of hydroxylamine groups is 2. The Morgan fingerprint density at radius 1 is 1.33 bits per heavy atom. The summed E-state index contributed by atoms with van der Waals surface area (Å²) in [7, 11) is -3.16. The first-order valence-electron chi connectivity index (χ1n) is 8.25. The molecule has 2 amide bonds. The zero-order valence-corrected chi connectivity index (χ0v) is 15.3. The maximum Gasteiger partial charge on any atom is 0.418 e. The molecule has 2 aliphatic rings. The van der Waals surface area contributed by atoms with Crippen molar-refractivity contribution in [1.82, 2.24) is 14.5 Å². The van der Waals surface area contributed by atoms with E-state index >= 15 is 0 Å². The number of aryl methyl sites for hydroxylation is 1. The molecule has 0 saturated carbocycles. The zero-order chi connectivity index (χ0) is 19.5. The van der Waals surface area contributed by atoms with Crippen LogP contribution in [-0.4, -0.2) is 52.7 Å². The molecule has 11 heteroatoms. The lowest BCUT2D eigenvalue weighted by Gasteiger charge is -2.30. The predicted octanol–water partition coefficient (Wildman–Crippen LogP) is 1.31. The van der Waals surface area contributed by atoms with Gasteiger partial charge in [0.25, 0.3) is 0 Å². The van der Waals surface area contributed by atoms with Gasteiger partial charge in [0.05, 0.1) is 18.8 Å². The fraction of sp³-hybridized carbons (Fsp3) is 0.375. The molecule has 1 N–H and O–H groups in total. The van der Waals surface area contributed by atoms with E-state index in [4.69, 9.17) is 9.29 Å². The van der Waals surface area contributed by atoms with Gasteiger partial charge in [-0.05, 0) is 13.0 Å². The molecule has 1 fully saturated rings. The van der Waals surface area contributed by atoms with Crippen LogP contribution in [0.15, 0.2) is 24.3 Å². The molecule has 2 bridgehead atoms. The third-order valence-electron chi connectivity index (χ3n) is 4.86. The summed E-state index contributed by atoms with van der Waals surface area (Å²) in [5, 5.41) is 1.34. The van der Waals surface area contributed by atoms with Crippen molar-refractivity contribution in [3.8, 4) is 0 Å². The normalized spacial score (nSPS) is 21.7. The topological polar surface area (TPSA) is 118 Å². The lowest BCUT2D eigenvalue weighted by atomic mass is 9.95. The fourth-order valence-corrected chi connectivity index (χ4v) is 4.32. The quantitative estimate of drug-likeness (QED) is 0.612. The summed E-state index contributed by atoms with van der Waals surface area (Å²) >= 11 is 0. The van der Waals surface area contributed by atoms with Gasteiger partial charge in [0.1, 0.15) is 6.04 Å². The number of hydrogen-bond donors (Lipinski definition) is 1. The van der Waals surface area contributed by atoms with E-state index in [2.05, 4.69) is 4.28 Å². The van der Waals surface area contributed by atoms with Crippen molar-refractivity contribution in [2.45, 2.75) is 19.0 Å². The van der Waals surface area contributed by atoms with Gasteiger partial charge in [-0.1, -0.05) is 18.2 Å². The van der Waals surface area contributed by atoms with Gasteiger partial charge in [-0.15, -0.1) is 4.28 Å². The largest absolute Gasteiger partial charge is 0.464 e. The molecule has 2 aliphatic heterocycles. The van der Waals surface area contributed by atoms with Crippen LogP contribution in [0.5, 0.6) is 0 Å². The number of carbonyl (C=O) groups excluding carboxylic acids is 2. The molecular formula is C16H17N3O7S. The Kier molecular flexibility index (Phi) is 3.91. The Bertz CT molecular complexity index is 1060. The summed E-state index contributed by atoms with van der Waals surface area (Å²) in [6.45, 7) is 1.81. The Morgan fingerprint density at radius 2 is 2.04 bits per heavy atom. The van der Waals surface area contributed by atoms with E-state index in [0.29, 0.717) is 16.3 Å². The van der Waals surface area contributed by atoms with Gasteiger partial charge in [-0.3, -0.25) is 4.55 Å². The van der Waals surface area contributed by atoms with Gasteiger partial charge >= 0.3 is 22.4 Å². The van der Waals surface area contributed by atoms with Crippen molar-refractivity contribution in [3.63, 3.8) is 0 Å². The van der Waals surface area contributed by atoms with Gasteiger partial charge in [0.15, 0.2) is 6.04 Å². The van der Waals surface area contributed by atoms with Gasteiger partial charge in [0, 0.05) is 23.5 Å². The number of amides is 2. The average Bonchev–Trinajstić information content (AvgIpc) is 3.03. The van der Waals surface area contributed by atoms with E-state index < -0.39 is 34.5 Å². The summed E-state index contributed by atoms with van der Waals surface area (Å²) in [6, 6.07) is 4.64. The number of ether oxygens (including phenoxy) is 1. The van der Waals surface area contributed by atoms with Gasteiger partial charge in [-0.25, -0.2) is 9.59 Å². The molecule has 2 aromatic rings. The van der Waals surface area contributed by atoms with Crippen LogP contribution in [0.3, 0.4) is 0 Å². The first-order valence-corrected chi connectivity index (χ1v) is 9.61. The standard InChI is InChI=1S/C16H17N3O7S/c1-3-25-15(20)14-12-9-6-4-5-7-10(9)17(2)13(12)11-8-18(14)16(21)19(11)26-27(22,23)24/h4-7,11,14H,3,8H2,1-2H3,(H,22,23,24)/t11-,14+/m0/s1. The van der Waals surface area contributed by atoms with Crippen LogP contribution in [0.4, 0.5) is 4.79 Å². The van der Waals surface area contributed by atoms with Gasteiger partial charge in [-0.2, -0.15) is 13.5 Å². The number of aromatic nitrogens is 1. The summed E-state index contributed by atoms with van der Waals surface area (Å²) in [6.07, 6.45) is 0. The highest BCUT2D eigenvalue weighted by Crippen LogP contribution is 2.48. The Labute approximate surface area is 154 Å². The number of carbonyl (C=O) groups is 2. The van der Waals surface area contributed by atoms with Crippen LogP contribution in [0.1, 0.15) is 30.3 Å². The number of hydrogen-bond acceptors (Lipinski definition) is 6. The van der Waals surface area contributed by atoms with Crippen LogP contribution in [0, 0.1) is 0 Å². The van der Waals surface area contributed by atoms with Crippen LogP contribution in [0.2, 0.25) is 0 Å². The second-order valence-corrected chi connectivity index (χ2v) is 7.31. The Hall–Kier alpha value is -2.63. The highest BCUT2D eigenvalue weighted by molar-refractivity contribution is 7.80. The lowest BCUT2D eigenvalue weighted by Crippen LogP contribution is -2.39. The number of fused-ring (bicyclic) bond motifs is 6. The van der Waals surface area contributed by atoms with Crippen LogP contribution >= 0.6 is 0 Å². The van der Waals surface area contributed by atoms with Crippen molar-refractivity contribution in [1.29, 1.82) is 0 Å². The number of nitrogens with zero attached hydrogens (tertiary/aromatic N) is 3. The van der Waals surface area contributed by atoms with E-state index in [-0.39, 0.29) is 13.2 Å². The highest BCUT2D eigenvalue weighted by Gasteiger charge is 2.54.